The van der Waals surface area contributed by atoms with E-state index in [4.69, 9.17) is 16.3 Å². The number of nitrogens with zero attached hydrogens (tertiary/aromatic N) is 3. The molecule has 3 aromatic rings. The molecule has 0 bridgehead atoms. The highest BCUT2D eigenvalue weighted by atomic mass is 35.5. The number of para-hydroxylation sites is 1. The van der Waals surface area contributed by atoms with Crippen molar-refractivity contribution in [2.24, 2.45) is 7.05 Å². The summed E-state index contributed by atoms with van der Waals surface area (Å²) in [7, 11) is 1.59. The molecule has 3 heterocycles. The maximum absolute atomic E-state index is 12.9. The van der Waals surface area contributed by atoms with Gasteiger partial charge in [-0.15, -0.1) is 11.8 Å². The second kappa shape index (κ2) is 8.84. The number of amides is 2. The molecule has 2 amide bonds. The van der Waals surface area contributed by atoms with Crippen LogP contribution in [0.5, 0.6) is 0 Å². The molecule has 34 heavy (non-hydrogen) atoms. The number of thioether (sulfide) groups is 1. The van der Waals surface area contributed by atoms with Gasteiger partial charge in [-0.3, -0.25) is 23.6 Å². The molecular formula is C23H21ClN4O5S. The van der Waals surface area contributed by atoms with Crippen LogP contribution in [0.15, 0.2) is 50.9 Å². The molecule has 2 aliphatic rings. The second-order valence-electron chi connectivity index (χ2n) is 8.21. The number of nitrogens with one attached hydrogen (secondary N) is 1. The summed E-state index contributed by atoms with van der Waals surface area (Å²) in [5, 5.41) is 3.55. The normalized spacial score (nSPS) is 17.6. The van der Waals surface area contributed by atoms with Crippen LogP contribution in [0.4, 0.5) is 16.2 Å². The summed E-state index contributed by atoms with van der Waals surface area (Å²) in [4.78, 5) is 52.3. The van der Waals surface area contributed by atoms with Crippen LogP contribution in [0.1, 0.15) is 12.8 Å². The van der Waals surface area contributed by atoms with Crippen molar-refractivity contribution in [2.45, 2.75) is 30.4 Å². The van der Waals surface area contributed by atoms with E-state index in [-0.39, 0.29) is 24.1 Å². The number of anilines is 2. The average Bonchev–Trinajstić information content (AvgIpc) is 3.19. The van der Waals surface area contributed by atoms with Crippen molar-refractivity contribution < 1.29 is 14.3 Å². The Morgan fingerprint density at radius 3 is 2.82 bits per heavy atom. The van der Waals surface area contributed by atoms with Gasteiger partial charge in [0.05, 0.1) is 33.9 Å². The summed E-state index contributed by atoms with van der Waals surface area (Å²) < 4.78 is 8.08. The molecule has 2 aromatic carbocycles. The lowest BCUT2D eigenvalue weighted by atomic mass is 10.1. The number of hydrogen-bond donors (Lipinski definition) is 1. The van der Waals surface area contributed by atoms with Crippen LogP contribution >= 0.6 is 23.4 Å². The molecule has 9 nitrogen and oxygen atoms in total. The van der Waals surface area contributed by atoms with Gasteiger partial charge >= 0.3 is 11.8 Å². The Balaban J connectivity index is 1.28. The predicted octanol–water partition coefficient (Wildman–Crippen LogP) is 3.20. The summed E-state index contributed by atoms with van der Waals surface area (Å²) >= 11 is 7.64. The standard InChI is InChI=1S/C23H21ClN4O5S/c1-26-20-15(5-2-6-16(20)24)21(30)27(22(26)31)9-3-4-14-11-28(23(32)33-14)13-7-8-18-17(10-13)25-19(29)12-34-18/h2,5-8,10,14H,3-4,9,11-12H2,1H3,(H,25,29). The van der Waals surface area contributed by atoms with Gasteiger partial charge in [0.15, 0.2) is 0 Å². The Morgan fingerprint density at radius 1 is 1.18 bits per heavy atom. The van der Waals surface area contributed by atoms with Gasteiger partial charge in [-0.25, -0.2) is 9.59 Å². The fourth-order valence-electron chi connectivity index (χ4n) is 4.33. The molecule has 5 rings (SSSR count). The number of hydrogen-bond acceptors (Lipinski definition) is 6. The first-order valence-corrected chi connectivity index (χ1v) is 12.1. The SMILES string of the molecule is Cn1c(=O)n(CCCC2CN(c3ccc4c(c3)NC(=O)CS4)C(=O)O2)c(=O)c2cccc(Cl)c21. The molecule has 2 aliphatic heterocycles. The van der Waals surface area contributed by atoms with E-state index in [2.05, 4.69) is 5.32 Å². The Kier molecular flexibility index (Phi) is 5.86. The second-order valence-corrected chi connectivity index (χ2v) is 9.63. The molecule has 1 unspecified atom stereocenters. The highest BCUT2D eigenvalue weighted by Gasteiger charge is 2.32. The third-order valence-corrected chi connectivity index (χ3v) is 7.38. The quantitative estimate of drug-likeness (QED) is 0.577. The number of fused-ring (bicyclic) bond motifs is 2. The summed E-state index contributed by atoms with van der Waals surface area (Å²) in [6.07, 6.45) is 0.127. The molecule has 0 spiro atoms. The van der Waals surface area contributed by atoms with Gasteiger partial charge < -0.3 is 10.1 Å². The van der Waals surface area contributed by atoms with E-state index in [1.807, 2.05) is 12.1 Å². The number of halogens is 1. The average molecular weight is 501 g/mol. The van der Waals surface area contributed by atoms with E-state index < -0.39 is 11.8 Å². The van der Waals surface area contributed by atoms with Gasteiger partial charge in [0, 0.05) is 24.2 Å². The lowest BCUT2D eigenvalue weighted by Crippen LogP contribution is -2.39. The van der Waals surface area contributed by atoms with Gasteiger partial charge in [-0.1, -0.05) is 17.7 Å². The summed E-state index contributed by atoms with van der Waals surface area (Å²) in [6, 6.07) is 10.4. The van der Waals surface area contributed by atoms with E-state index >= 15 is 0 Å². The number of cyclic esters (lactones) is 1. The molecule has 0 radical (unpaired) electrons. The Labute approximate surface area is 203 Å². The molecule has 0 aliphatic carbocycles. The van der Waals surface area contributed by atoms with E-state index in [1.54, 1.807) is 31.3 Å². The van der Waals surface area contributed by atoms with E-state index in [1.165, 1.54) is 25.8 Å². The zero-order chi connectivity index (χ0) is 24.0. The highest BCUT2D eigenvalue weighted by molar-refractivity contribution is 8.00. The summed E-state index contributed by atoms with van der Waals surface area (Å²) in [5.41, 5.74) is 0.909. The van der Waals surface area contributed by atoms with E-state index in [9.17, 15) is 19.2 Å². The monoisotopic (exact) mass is 500 g/mol. The maximum atomic E-state index is 12.9. The Morgan fingerprint density at radius 2 is 2.00 bits per heavy atom. The number of aromatic nitrogens is 2. The van der Waals surface area contributed by atoms with Crippen LogP contribution in [-0.2, 0) is 23.1 Å². The molecule has 1 N–H and O–H groups in total. The summed E-state index contributed by atoms with van der Waals surface area (Å²) in [6.45, 7) is 0.545. The minimum absolute atomic E-state index is 0.0751. The van der Waals surface area contributed by atoms with Crippen molar-refractivity contribution in [3.05, 3.63) is 62.3 Å². The molecule has 1 atom stereocenters. The van der Waals surface area contributed by atoms with E-state index in [0.717, 1.165) is 4.90 Å². The molecular weight excluding hydrogens is 480 g/mol. The molecule has 1 saturated heterocycles. The minimum Gasteiger partial charge on any atom is -0.444 e. The Bertz CT molecular complexity index is 1450. The third-order valence-electron chi connectivity index (χ3n) is 6.01. The molecule has 176 valence electrons. The van der Waals surface area contributed by atoms with Gasteiger partial charge in [-0.2, -0.15) is 0 Å². The highest BCUT2D eigenvalue weighted by Crippen LogP contribution is 2.35. The fourth-order valence-corrected chi connectivity index (χ4v) is 5.42. The lowest BCUT2D eigenvalue weighted by molar-refractivity contribution is -0.113. The summed E-state index contributed by atoms with van der Waals surface area (Å²) in [5.74, 6) is 0.297. The molecule has 11 heteroatoms. The van der Waals surface area contributed by atoms with Gasteiger partial charge in [0.2, 0.25) is 5.91 Å². The zero-order valence-corrected chi connectivity index (χ0v) is 19.8. The number of benzene rings is 2. The fraction of sp³-hybridized carbons (Fsp3) is 0.304. The van der Waals surface area contributed by atoms with Gasteiger partial charge in [-0.05, 0) is 43.2 Å². The van der Waals surface area contributed by atoms with Crippen LogP contribution < -0.4 is 21.5 Å². The van der Waals surface area contributed by atoms with Crippen LogP contribution in [-0.4, -0.2) is 39.5 Å². The van der Waals surface area contributed by atoms with Crippen molar-refractivity contribution >= 4 is 57.6 Å². The first-order valence-electron chi connectivity index (χ1n) is 10.8. The number of carbonyl (C=O) groups excluding carboxylic acids is 2. The van der Waals surface area contributed by atoms with Crippen molar-refractivity contribution in [2.75, 3.05) is 22.5 Å². The van der Waals surface area contributed by atoms with Gasteiger partial charge in [0.1, 0.15) is 6.10 Å². The third kappa shape index (κ3) is 3.97. The number of rotatable bonds is 5. The number of ether oxygens (including phenoxy) is 1. The van der Waals surface area contributed by atoms with Crippen molar-refractivity contribution in [3.63, 3.8) is 0 Å². The topological polar surface area (TPSA) is 103 Å². The van der Waals surface area contributed by atoms with E-state index in [0.29, 0.717) is 52.4 Å². The molecule has 1 aromatic heterocycles. The van der Waals surface area contributed by atoms with Crippen molar-refractivity contribution in [3.8, 4) is 0 Å². The Hall–Kier alpha value is -3.24. The van der Waals surface area contributed by atoms with Gasteiger partial charge in [0.25, 0.3) is 5.56 Å². The largest absolute Gasteiger partial charge is 0.444 e. The minimum atomic E-state index is -0.465. The predicted molar refractivity (Wildman–Crippen MR) is 131 cm³/mol. The zero-order valence-electron chi connectivity index (χ0n) is 18.2. The maximum Gasteiger partial charge on any atom is 0.414 e. The number of aryl methyl sites for hydroxylation is 1. The first-order chi connectivity index (χ1) is 16.3. The van der Waals surface area contributed by atoms with Crippen LogP contribution in [0.3, 0.4) is 0 Å². The molecule has 0 saturated carbocycles. The van der Waals surface area contributed by atoms with Crippen LogP contribution in [0, 0.1) is 0 Å². The van der Waals surface area contributed by atoms with Crippen molar-refractivity contribution in [1.82, 2.24) is 9.13 Å². The number of carbonyl (C=O) groups is 2. The lowest BCUT2D eigenvalue weighted by Gasteiger charge is -2.20. The smallest absolute Gasteiger partial charge is 0.414 e. The first kappa shape index (κ1) is 22.5. The van der Waals surface area contributed by atoms with Crippen molar-refractivity contribution in [1.29, 1.82) is 0 Å². The molecule has 1 fully saturated rings. The van der Waals surface area contributed by atoms with Crippen LogP contribution in [0.25, 0.3) is 10.9 Å². The van der Waals surface area contributed by atoms with Crippen LogP contribution in [0.2, 0.25) is 5.02 Å².